The number of likely N-dealkylation sites (tertiary alicyclic amines) is 2. The fourth-order valence-corrected chi connectivity index (χ4v) is 6.22. The number of hydrogen-bond donors (Lipinski definition) is 1. The lowest BCUT2D eigenvalue weighted by Crippen LogP contribution is -2.45. The van der Waals surface area contributed by atoms with Crippen LogP contribution in [0.5, 0.6) is 0 Å². The molecule has 0 spiro atoms. The number of aromatic nitrogens is 4. The molecule has 0 atom stereocenters. The van der Waals surface area contributed by atoms with E-state index >= 15 is 0 Å². The summed E-state index contributed by atoms with van der Waals surface area (Å²) >= 11 is 1.81. The summed E-state index contributed by atoms with van der Waals surface area (Å²) in [6.07, 6.45) is 7.38. The van der Waals surface area contributed by atoms with Crippen LogP contribution in [0.4, 0.5) is 5.95 Å². The highest BCUT2D eigenvalue weighted by Gasteiger charge is 2.32. The molecular weight excluding hydrogens is 458 g/mol. The molecule has 35 heavy (non-hydrogen) atoms. The number of carbonyl (C=O) groups is 1. The van der Waals surface area contributed by atoms with Crippen LogP contribution in [0.2, 0.25) is 0 Å². The molecule has 0 bridgehead atoms. The predicted molar refractivity (Wildman–Crippen MR) is 140 cm³/mol. The van der Waals surface area contributed by atoms with Crippen molar-refractivity contribution in [3.8, 4) is 0 Å². The fourth-order valence-electron chi connectivity index (χ4n) is 5.42. The fraction of sp³-hybridized carbons (Fsp3) is 0.538. The van der Waals surface area contributed by atoms with Crippen LogP contribution >= 0.6 is 11.8 Å². The summed E-state index contributed by atoms with van der Waals surface area (Å²) in [5, 5.41) is 1.11. The first-order valence-corrected chi connectivity index (χ1v) is 13.7. The van der Waals surface area contributed by atoms with E-state index in [1.807, 2.05) is 11.8 Å². The zero-order valence-electron chi connectivity index (χ0n) is 20.7. The smallest absolute Gasteiger partial charge is 0.225 e. The maximum absolute atomic E-state index is 13.3. The maximum atomic E-state index is 13.3. The third-order valence-electron chi connectivity index (χ3n) is 7.30. The third kappa shape index (κ3) is 5.30. The van der Waals surface area contributed by atoms with Gasteiger partial charge in [0.15, 0.2) is 5.16 Å². The van der Waals surface area contributed by atoms with Gasteiger partial charge in [0.25, 0.3) is 0 Å². The summed E-state index contributed by atoms with van der Waals surface area (Å²) in [5.74, 6) is 1.78. The van der Waals surface area contributed by atoms with Crippen molar-refractivity contribution in [2.24, 2.45) is 5.92 Å². The normalized spacial score (nSPS) is 18.4. The van der Waals surface area contributed by atoms with Crippen molar-refractivity contribution in [1.29, 1.82) is 0 Å². The molecule has 2 aromatic heterocycles. The number of hydrogen-bond acceptors (Lipinski definition) is 7. The SMILES string of the molecule is CCSc1nc2cc(C)ccc2n1C1CCN(C(=O)C2CCN(Cc3cnc(N)nc3)CC2)CC1. The minimum absolute atomic E-state index is 0.133. The van der Waals surface area contributed by atoms with Crippen LogP contribution in [0.15, 0.2) is 35.7 Å². The average molecular weight is 494 g/mol. The topological polar surface area (TPSA) is 93.2 Å². The summed E-state index contributed by atoms with van der Waals surface area (Å²) in [4.78, 5) is 30.9. The summed E-state index contributed by atoms with van der Waals surface area (Å²) in [6, 6.07) is 6.95. The van der Waals surface area contributed by atoms with Crippen molar-refractivity contribution in [3.05, 3.63) is 41.7 Å². The number of fused-ring (bicyclic) bond motifs is 1. The maximum Gasteiger partial charge on any atom is 0.225 e. The van der Waals surface area contributed by atoms with E-state index in [9.17, 15) is 4.79 Å². The Morgan fingerprint density at radius 3 is 2.49 bits per heavy atom. The summed E-state index contributed by atoms with van der Waals surface area (Å²) in [7, 11) is 0. The Labute approximate surface area is 211 Å². The van der Waals surface area contributed by atoms with Gasteiger partial charge in [-0.15, -0.1) is 0 Å². The molecule has 2 aliphatic heterocycles. The molecule has 2 aliphatic rings. The molecule has 1 amide bonds. The molecule has 4 heterocycles. The largest absolute Gasteiger partial charge is 0.368 e. The van der Waals surface area contributed by atoms with E-state index in [1.165, 1.54) is 11.1 Å². The number of aryl methyl sites for hydroxylation is 1. The van der Waals surface area contributed by atoms with Crippen LogP contribution in [0, 0.1) is 12.8 Å². The van der Waals surface area contributed by atoms with Gasteiger partial charge in [-0.3, -0.25) is 9.69 Å². The van der Waals surface area contributed by atoms with E-state index in [4.69, 9.17) is 10.7 Å². The second kappa shape index (κ2) is 10.5. The molecule has 0 aliphatic carbocycles. The highest BCUT2D eigenvalue weighted by Crippen LogP contribution is 2.34. The van der Waals surface area contributed by atoms with Gasteiger partial charge in [-0.25, -0.2) is 15.0 Å². The number of thioether (sulfide) groups is 1. The molecule has 2 fully saturated rings. The van der Waals surface area contributed by atoms with Crippen LogP contribution in [-0.4, -0.2) is 67.2 Å². The van der Waals surface area contributed by atoms with Crippen molar-refractivity contribution in [2.45, 2.75) is 57.3 Å². The minimum atomic E-state index is 0.133. The van der Waals surface area contributed by atoms with Gasteiger partial charge in [-0.2, -0.15) is 0 Å². The highest BCUT2D eigenvalue weighted by molar-refractivity contribution is 7.99. The first-order valence-electron chi connectivity index (χ1n) is 12.7. The molecule has 2 saturated heterocycles. The number of rotatable bonds is 6. The number of amides is 1. The number of carbonyl (C=O) groups excluding carboxylic acids is 1. The van der Waals surface area contributed by atoms with E-state index in [0.29, 0.717) is 17.9 Å². The molecule has 0 radical (unpaired) electrons. The number of benzene rings is 1. The van der Waals surface area contributed by atoms with Crippen LogP contribution in [0.25, 0.3) is 11.0 Å². The van der Waals surface area contributed by atoms with Crippen LogP contribution in [0.3, 0.4) is 0 Å². The lowest BCUT2D eigenvalue weighted by atomic mass is 9.93. The zero-order valence-corrected chi connectivity index (χ0v) is 21.5. The third-order valence-corrected chi connectivity index (χ3v) is 8.13. The quantitative estimate of drug-likeness (QED) is 0.521. The second-order valence-corrected chi connectivity index (χ2v) is 11.0. The van der Waals surface area contributed by atoms with Crippen molar-refractivity contribution in [2.75, 3.05) is 37.7 Å². The van der Waals surface area contributed by atoms with Gasteiger partial charge >= 0.3 is 0 Å². The zero-order chi connectivity index (χ0) is 24.4. The molecular formula is C26H35N7OS. The Hall–Kier alpha value is -2.65. The molecule has 8 nitrogen and oxygen atoms in total. The number of anilines is 1. The Bertz CT molecular complexity index is 1160. The van der Waals surface area contributed by atoms with E-state index in [1.54, 1.807) is 12.4 Å². The van der Waals surface area contributed by atoms with Crippen molar-refractivity contribution in [1.82, 2.24) is 29.3 Å². The summed E-state index contributed by atoms with van der Waals surface area (Å²) in [6.45, 7) is 8.61. The van der Waals surface area contributed by atoms with Gasteiger partial charge in [-0.1, -0.05) is 24.8 Å². The number of nitrogens with two attached hydrogens (primary N) is 1. The van der Waals surface area contributed by atoms with Gasteiger partial charge in [-0.05, 0) is 69.1 Å². The Kier molecular flexibility index (Phi) is 7.24. The van der Waals surface area contributed by atoms with Gasteiger partial charge in [0.1, 0.15) is 0 Å². The molecule has 3 aromatic rings. The molecule has 1 aromatic carbocycles. The first-order chi connectivity index (χ1) is 17.0. The minimum Gasteiger partial charge on any atom is -0.368 e. The Morgan fingerprint density at radius 2 is 1.80 bits per heavy atom. The van der Waals surface area contributed by atoms with Crippen molar-refractivity contribution >= 4 is 34.7 Å². The van der Waals surface area contributed by atoms with Gasteiger partial charge in [0.05, 0.1) is 11.0 Å². The van der Waals surface area contributed by atoms with E-state index in [2.05, 4.69) is 56.4 Å². The number of nitrogens with zero attached hydrogens (tertiary/aromatic N) is 6. The molecule has 2 N–H and O–H groups in total. The summed E-state index contributed by atoms with van der Waals surface area (Å²) in [5.41, 5.74) is 10.2. The van der Waals surface area contributed by atoms with E-state index in [-0.39, 0.29) is 5.92 Å². The van der Waals surface area contributed by atoms with Crippen molar-refractivity contribution < 1.29 is 4.79 Å². The van der Waals surface area contributed by atoms with Crippen LogP contribution < -0.4 is 5.73 Å². The lowest BCUT2D eigenvalue weighted by molar-refractivity contribution is -0.138. The Morgan fingerprint density at radius 1 is 1.09 bits per heavy atom. The average Bonchev–Trinajstić information content (AvgIpc) is 3.22. The standard InChI is InChI=1S/C26H35N7OS/c1-3-35-26-30-22-14-18(2)4-5-23(22)33(26)21-8-12-32(13-9-21)24(34)20-6-10-31(11-7-20)17-19-15-28-25(27)29-16-19/h4-5,14-16,20-21H,3,6-13,17H2,1-2H3,(H2,27,28,29). The number of nitrogen functional groups attached to an aromatic ring is 1. The molecule has 5 rings (SSSR count). The molecule has 0 saturated carbocycles. The highest BCUT2D eigenvalue weighted by atomic mass is 32.2. The van der Waals surface area contributed by atoms with Crippen LogP contribution in [-0.2, 0) is 11.3 Å². The van der Waals surface area contributed by atoms with Gasteiger partial charge < -0.3 is 15.2 Å². The Balaban J connectivity index is 1.17. The second-order valence-electron chi connectivity index (χ2n) is 9.75. The van der Waals surface area contributed by atoms with Gasteiger partial charge in [0, 0.05) is 49.6 Å². The number of imidazole rings is 1. The number of piperidine rings is 2. The van der Waals surface area contributed by atoms with E-state index < -0.39 is 0 Å². The summed E-state index contributed by atoms with van der Waals surface area (Å²) < 4.78 is 2.43. The lowest BCUT2D eigenvalue weighted by Gasteiger charge is -2.38. The predicted octanol–water partition coefficient (Wildman–Crippen LogP) is 3.90. The molecule has 186 valence electrons. The van der Waals surface area contributed by atoms with Crippen LogP contribution in [0.1, 0.15) is 49.8 Å². The molecule has 0 unspecified atom stereocenters. The van der Waals surface area contributed by atoms with Gasteiger partial charge in [0.2, 0.25) is 11.9 Å². The molecule has 9 heteroatoms. The van der Waals surface area contributed by atoms with Crippen molar-refractivity contribution in [3.63, 3.8) is 0 Å². The monoisotopic (exact) mass is 493 g/mol. The first kappa shape index (κ1) is 24.1. The van der Waals surface area contributed by atoms with E-state index in [0.717, 1.165) is 80.4 Å².